The van der Waals surface area contributed by atoms with Gasteiger partial charge in [0, 0.05) is 17.0 Å². The number of fused-ring (bicyclic) bond motifs is 1. The van der Waals surface area contributed by atoms with Gasteiger partial charge in [0.05, 0.1) is 49.3 Å². The van der Waals surface area contributed by atoms with E-state index in [0.29, 0.717) is 47.3 Å². The van der Waals surface area contributed by atoms with Crippen LogP contribution in [0.5, 0.6) is 5.88 Å². The van der Waals surface area contributed by atoms with E-state index in [1.165, 1.54) is 6.33 Å². The fourth-order valence-corrected chi connectivity index (χ4v) is 5.92. The first kappa shape index (κ1) is 26.1. The largest absolute Gasteiger partial charge is 0.480 e. The number of nitrogens with zero attached hydrogens (tertiary/aromatic N) is 8. The van der Waals surface area contributed by atoms with Gasteiger partial charge in [0.15, 0.2) is 17.3 Å². The topological polar surface area (TPSA) is 144 Å². The number of ether oxygens (including phenoxy) is 1. The molecule has 2 aliphatic carbocycles. The first-order chi connectivity index (χ1) is 19.6. The van der Waals surface area contributed by atoms with Gasteiger partial charge < -0.3 is 10.1 Å². The summed E-state index contributed by atoms with van der Waals surface area (Å²) in [6, 6.07) is 6.05. The van der Waals surface area contributed by atoms with Crippen molar-refractivity contribution in [2.75, 3.05) is 18.2 Å². The third kappa shape index (κ3) is 4.97. The normalized spacial score (nSPS) is 18.5. The number of anilines is 1. The Hall–Kier alpha value is -4.11. The van der Waals surface area contributed by atoms with Crippen molar-refractivity contribution in [1.82, 2.24) is 34.5 Å². The van der Waals surface area contributed by atoms with Crippen LogP contribution in [-0.2, 0) is 6.54 Å². The number of rotatable bonds is 9. The van der Waals surface area contributed by atoms with Gasteiger partial charge in [-0.15, -0.1) is 11.8 Å². The van der Waals surface area contributed by atoms with Gasteiger partial charge in [-0.2, -0.15) is 5.26 Å². The molecule has 0 radical (unpaired) electrons. The van der Waals surface area contributed by atoms with Gasteiger partial charge in [-0.3, -0.25) is 14.3 Å². The van der Waals surface area contributed by atoms with Crippen LogP contribution in [0, 0.1) is 17.2 Å². The molecule has 4 aromatic rings. The summed E-state index contributed by atoms with van der Waals surface area (Å²) in [5.41, 5.74) is 2.80. The fraction of sp³-hybridized carbons (Fsp3) is 0.429. The van der Waals surface area contributed by atoms with Gasteiger partial charge in [-0.05, 0) is 50.0 Å². The molecule has 1 unspecified atom stereocenters. The molecule has 0 aromatic carbocycles. The molecule has 4 aromatic heterocycles. The highest BCUT2D eigenvalue weighted by atomic mass is 32.2. The zero-order valence-corrected chi connectivity index (χ0v) is 23.2. The molecule has 40 heavy (non-hydrogen) atoms. The van der Waals surface area contributed by atoms with Gasteiger partial charge in [0.25, 0.3) is 5.56 Å². The number of thioether (sulfide) groups is 1. The number of aromatic nitrogens is 7. The molecule has 1 N–H and O–H groups in total. The molecule has 204 valence electrons. The third-order valence-corrected chi connectivity index (χ3v) is 8.24. The quantitative estimate of drug-likeness (QED) is 0.291. The van der Waals surface area contributed by atoms with E-state index in [0.717, 1.165) is 47.7 Å². The van der Waals surface area contributed by atoms with Crippen molar-refractivity contribution in [1.29, 1.82) is 5.26 Å². The summed E-state index contributed by atoms with van der Waals surface area (Å²) in [5, 5.41) is 13.0. The molecule has 0 spiro atoms. The van der Waals surface area contributed by atoms with Gasteiger partial charge in [0.1, 0.15) is 17.4 Å². The van der Waals surface area contributed by atoms with E-state index >= 15 is 0 Å². The smallest absolute Gasteiger partial charge is 0.295 e. The van der Waals surface area contributed by atoms with Crippen molar-refractivity contribution >= 4 is 28.7 Å². The number of nitrogens with one attached hydrogen (secondary N) is 1. The van der Waals surface area contributed by atoms with Crippen LogP contribution in [0.15, 0.2) is 40.5 Å². The molecule has 11 nitrogen and oxygen atoms in total. The van der Waals surface area contributed by atoms with E-state index in [4.69, 9.17) is 9.72 Å². The van der Waals surface area contributed by atoms with Crippen LogP contribution in [0.1, 0.15) is 62.4 Å². The maximum atomic E-state index is 13.9. The maximum absolute atomic E-state index is 13.9. The van der Waals surface area contributed by atoms with Crippen molar-refractivity contribution in [3.63, 3.8) is 0 Å². The number of hydrogen-bond acceptors (Lipinski definition) is 11. The minimum absolute atomic E-state index is 0.181. The minimum Gasteiger partial charge on any atom is -0.480 e. The zero-order valence-electron chi connectivity index (χ0n) is 22.4. The highest BCUT2D eigenvalue weighted by Gasteiger charge is 2.34. The second-order valence-electron chi connectivity index (χ2n) is 9.96. The van der Waals surface area contributed by atoms with Gasteiger partial charge in [-0.25, -0.2) is 24.9 Å². The Morgan fingerprint density at radius 3 is 2.73 bits per heavy atom. The Kier molecular flexibility index (Phi) is 7.30. The highest BCUT2D eigenvalue weighted by Crippen LogP contribution is 2.45. The maximum Gasteiger partial charge on any atom is 0.295 e. The van der Waals surface area contributed by atoms with E-state index in [-0.39, 0.29) is 23.3 Å². The van der Waals surface area contributed by atoms with Gasteiger partial charge in [0.2, 0.25) is 5.88 Å². The Bertz CT molecular complexity index is 1650. The van der Waals surface area contributed by atoms with Crippen LogP contribution in [0.3, 0.4) is 0 Å². The monoisotopic (exact) mass is 555 g/mol. The van der Waals surface area contributed by atoms with Crippen molar-refractivity contribution < 1.29 is 4.74 Å². The molecule has 4 heterocycles. The molecule has 12 heteroatoms. The van der Waals surface area contributed by atoms with Crippen LogP contribution >= 0.6 is 11.8 Å². The average Bonchev–Trinajstić information content (AvgIpc) is 3.73. The SMILES string of the molecule is CCSc1ccc(CNc2nc3cnc(-c4c(OC)ncnc4C4CC4)nc3n([C@H]3CCCC3C#N)c2=O)nc1. The lowest BCUT2D eigenvalue weighted by molar-refractivity contribution is 0.397. The standard InChI is InChI=1S/C28H29N9O2S/c1-3-40-19-10-9-18(30-13-19)12-31-25-28(38)37(21-6-4-5-17(21)11-29)26-20(35-25)14-32-24(36-26)22-23(16-7-8-16)33-15-34-27(22)39-2/h9-10,13-17,21H,3-8,12H2,1-2H3,(H,31,35)/t17?,21-/m0/s1. The molecule has 2 aliphatic rings. The summed E-state index contributed by atoms with van der Waals surface area (Å²) >= 11 is 1.72. The third-order valence-electron chi connectivity index (χ3n) is 7.38. The van der Waals surface area contributed by atoms with Gasteiger partial charge >= 0.3 is 0 Å². The second-order valence-corrected chi connectivity index (χ2v) is 11.3. The predicted molar refractivity (Wildman–Crippen MR) is 151 cm³/mol. The molecule has 6 rings (SSSR count). The number of methoxy groups -OCH3 is 1. The van der Waals surface area contributed by atoms with E-state index in [9.17, 15) is 10.1 Å². The van der Waals surface area contributed by atoms with Crippen LogP contribution < -0.4 is 15.6 Å². The predicted octanol–water partition coefficient (Wildman–Crippen LogP) is 4.51. The van der Waals surface area contributed by atoms with Crippen molar-refractivity contribution in [2.24, 2.45) is 5.92 Å². The highest BCUT2D eigenvalue weighted by molar-refractivity contribution is 7.99. The second kappa shape index (κ2) is 11.2. The van der Waals surface area contributed by atoms with Crippen molar-refractivity contribution in [3.05, 3.63) is 52.6 Å². The molecule has 0 amide bonds. The van der Waals surface area contributed by atoms with E-state index in [1.54, 1.807) is 29.6 Å². The van der Waals surface area contributed by atoms with Crippen LogP contribution in [0.25, 0.3) is 22.6 Å². The van der Waals surface area contributed by atoms with Crippen LogP contribution in [0.4, 0.5) is 5.82 Å². The summed E-state index contributed by atoms with van der Waals surface area (Å²) in [6.07, 6.45) is 9.31. The average molecular weight is 556 g/mol. The molecule has 0 saturated heterocycles. The summed E-state index contributed by atoms with van der Waals surface area (Å²) in [6.45, 7) is 2.43. The van der Waals surface area contributed by atoms with E-state index < -0.39 is 0 Å². The first-order valence-electron chi connectivity index (χ1n) is 13.5. The first-order valence-corrected chi connectivity index (χ1v) is 14.5. The lowest BCUT2D eigenvalue weighted by atomic mass is 10.1. The van der Waals surface area contributed by atoms with E-state index in [2.05, 4.69) is 43.2 Å². The summed E-state index contributed by atoms with van der Waals surface area (Å²) in [4.78, 5) is 42.5. The Balaban J connectivity index is 1.44. The lowest BCUT2D eigenvalue weighted by Crippen LogP contribution is -2.31. The van der Waals surface area contributed by atoms with Crippen LogP contribution in [0.2, 0.25) is 0 Å². The van der Waals surface area contributed by atoms with Crippen LogP contribution in [-0.4, -0.2) is 47.3 Å². The number of nitriles is 1. The summed E-state index contributed by atoms with van der Waals surface area (Å²) in [5.74, 6) is 1.93. The Morgan fingerprint density at radius 2 is 2.00 bits per heavy atom. The van der Waals surface area contributed by atoms with Gasteiger partial charge in [-0.1, -0.05) is 6.92 Å². The molecule has 2 saturated carbocycles. The Labute approximate surface area is 235 Å². The molecular weight excluding hydrogens is 526 g/mol. The van der Waals surface area contributed by atoms with Crippen molar-refractivity contribution in [2.45, 2.75) is 62.4 Å². The zero-order chi connectivity index (χ0) is 27.6. The Morgan fingerprint density at radius 1 is 1.12 bits per heavy atom. The molecule has 0 aliphatic heterocycles. The summed E-state index contributed by atoms with van der Waals surface area (Å²) < 4.78 is 7.19. The molecule has 2 atom stereocenters. The minimum atomic E-state index is -0.318. The number of pyridine rings is 1. The summed E-state index contributed by atoms with van der Waals surface area (Å²) in [7, 11) is 1.56. The number of hydrogen-bond donors (Lipinski definition) is 1. The molecule has 2 fully saturated rings. The van der Waals surface area contributed by atoms with E-state index in [1.807, 2.05) is 18.3 Å². The lowest BCUT2D eigenvalue weighted by Gasteiger charge is -2.20. The van der Waals surface area contributed by atoms with Crippen molar-refractivity contribution in [3.8, 4) is 23.3 Å². The fourth-order valence-electron chi connectivity index (χ4n) is 5.30. The molecular formula is C28H29N9O2S. The molecule has 0 bridgehead atoms.